The number of likely N-dealkylation sites (N-methyl/N-ethyl adjacent to an activating group) is 1. The second kappa shape index (κ2) is 7.76. The standard InChI is InChI=1S/C23H23ClN2O4/c1-25-20(27)12-23(22(25)29,16-6-8-17(30-2)9-7-16)13-21(28)26-11-10-18-15(14-26)4-3-5-19(18)24/h3-9H,10-14H2,1-2H3. The van der Waals surface area contributed by atoms with Crippen LogP contribution in [0.2, 0.25) is 5.02 Å². The summed E-state index contributed by atoms with van der Waals surface area (Å²) in [6.45, 7) is 0.984. The summed E-state index contributed by atoms with van der Waals surface area (Å²) in [5, 5.41) is 0.715. The topological polar surface area (TPSA) is 66.9 Å². The maximum Gasteiger partial charge on any atom is 0.240 e. The van der Waals surface area contributed by atoms with Crippen molar-refractivity contribution < 1.29 is 19.1 Å². The molecule has 2 aromatic rings. The van der Waals surface area contributed by atoms with Crippen LogP contribution >= 0.6 is 11.6 Å². The third-order valence-corrected chi connectivity index (χ3v) is 6.55. The highest BCUT2D eigenvalue weighted by Gasteiger charge is 2.53. The highest BCUT2D eigenvalue weighted by atomic mass is 35.5. The Bertz CT molecular complexity index is 1020. The molecular weight excluding hydrogens is 404 g/mol. The molecule has 1 atom stereocenters. The Morgan fingerprint density at radius 3 is 2.53 bits per heavy atom. The van der Waals surface area contributed by atoms with Crippen molar-refractivity contribution in [3.8, 4) is 5.75 Å². The third-order valence-electron chi connectivity index (χ3n) is 6.20. The first-order valence-electron chi connectivity index (χ1n) is 9.85. The lowest BCUT2D eigenvalue weighted by molar-refractivity contribution is -0.141. The van der Waals surface area contributed by atoms with Gasteiger partial charge in [-0.2, -0.15) is 0 Å². The van der Waals surface area contributed by atoms with Gasteiger partial charge in [0.15, 0.2) is 0 Å². The van der Waals surface area contributed by atoms with E-state index in [1.807, 2.05) is 18.2 Å². The molecule has 6 nitrogen and oxygen atoms in total. The summed E-state index contributed by atoms with van der Waals surface area (Å²) in [4.78, 5) is 41.7. The predicted octanol–water partition coefficient (Wildman–Crippen LogP) is 2.95. The second-order valence-electron chi connectivity index (χ2n) is 7.86. The Morgan fingerprint density at radius 2 is 1.90 bits per heavy atom. The lowest BCUT2D eigenvalue weighted by Gasteiger charge is -2.33. The Labute approximate surface area is 180 Å². The Balaban J connectivity index is 1.63. The average Bonchev–Trinajstić information content (AvgIpc) is 2.98. The maximum absolute atomic E-state index is 13.3. The van der Waals surface area contributed by atoms with E-state index in [-0.39, 0.29) is 30.6 Å². The number of halogens is 1. The highest BCUT2D eigenvalue weighted by molar-refractivity contribution is 6.31. The molecule has 2 heterocycles. The minimum atomic E-state index is -1.19. The number of imide groups is 1. The first-order valence-corrected chi connectivity index (χ1v) is 10.2. The number of hydrogen-bond donors (Lipinski definition) is 0. The number of benzene rings is 2. The van der Waals surface area contributed by atoms with Gasteiger partial charge in [-0.1, -0.05) is 35.9 Å². The van der Waals surface area contributed by atoms with Crippen molar-refractivity contribution in [3.63, 3.8) is 0 Å². The second-order valence-corrected chi connectivity index (χ2v) is 8.27. The Morgan fingerprint density at radius 1 is 1.17 bits per heavy atom. The number of carbonyl (C=O) groups is 3. The number of carbonyl (C=O) groups excluding carboxylic acids is 3. The summed E-state index contributed by atoms with van der Waals surface area (Å²) in [6, 6.07) is 12.7. The minimum Gasteiger partial charge on any atom is -0.497 e. The van der Waals surface area contributed by atoms with Gasteiger partial charge in [0.25, 0.3) is 0 Å². The van der Waals surface area contributed by atoms with E-state index in [9.17, 15) is 14.4 Å². The first kappa shape index (κ1) is 20.4. The number of fused-ring (bicyclic) bond motifs is 1. The molecule has 30 heavy (non-hydrogen) atoms. The molecule has 3 amide bonds. The van der Waals surface area contributed by atoms with Crippen LogP contribution in [-0.2, 0) is 32.8 Å². The van der Waals surface area contributed by atoms with Gasteiger partial charge in [-0.25, -0.2) is 0 Å². The van der Waals surface area contributed by atoms with E-state index in [1.165, 1.54) is 7.05 Å². The molecule has 0 aromatic heterocycles. The lowest BCUT2D eigenvalue weighted by atomic mass is 9.75. The van der Waals surface area contributed by atoms with Crippen LogP contribution in [0.5, 0.6) is 5.75 Å². The molecule has 7 heteroatoms. The fourth-order valence-corrected chi connectivity index (χ4v) is 4.70. The smallest absolute Gasteiger partial charge is 0.240 e. The van der Waals surface area contributed by atoms with E-state index in [4.69, 9.17) is 16.3 Å². The van der Waals surface area contributed by atoms with Crippen LogP contribution in [-0.4, -0.2) is 48.2 Å². The highest BCUT2D eigenvalue weighted by Crippen LogP contribution is 2.40. The number of amides is 3. The van der Waals surface area contributed by atoms with E-state index in [0.29, 0.717) is 35.8 Å². The molecule has 0 N–H and O–H groups in total. The van der Waals surface area contributed by atoms with Gasteiger partial charge in [-0.3, -0.25) is 19.3 Å². The first-order chi connectivity index (χ1) is 14.4. The monoisotopic (exact) mass is 426 g/mol. The van der Waals surface area contributed by atoms with Gasteiger partial charge in [0, 0.05) is 38.0 Å². The van der Waals surface area contributed by atoms with Gasteiger partial charge in [0.2, 0.25) is 17.7 Å². The quantitative estimate of drug-likeness (QED) is 0.705. The van der Waals surface area contributed by atoms with Crippen molar-refractivity contribution in [3.05, 3.63) is 64.2 Å². The molecule has 2 aliphatic rings. The normalized spacial score (nSPS) is 21.0. The summed E-state index contributed by atoms with van der Waals surface area (Å²) in [5.41, 5.74) is 1.55. The van der Waals surface area contributed by atoms with Crippen molar-refractivity contribution in [2.24, 2.45) is 0 Å². The molecule has 0 radical (unpaired) electrons. The Kier molecular flexibility index (Phi) is 5.28. The fourth-order valence-electron chi connectivity index (χ4n) is 4.41. The minimum absolute atomic E-state index is 0.0172. The van der Waals surface area contributed by atoms with Crippen LogP contribution in [0.1, 0.15) is 29.5 Å². The average molecular weight is 427 g/mol. The molecule has 0 saturated carbocycles. The lowest BCUT2D eigenvalue weighted by Crippen LogP contribution is -2.44. The van der Waals surface area contributed by atoms with Crippen molar-refractivity contribution in [2.75, 3.05) is 20.7 Å². The zero-order valence-electron chi connectivity index (χ0n) is 17.0. The van der Waals surface area contributed by atoms with Gasteiger partial charge < -0.3 is 9.64 Å². The van der Waals surface area contributed by atoms with Gasteiger partial charge in [-0.05, 0) is 41.3 Å². The zero-order valence-corrected chi connectivity index (χ0v) is 17.7. The summed E-state index contributed by atoms with van der Waals surface area (Å²) in [7, 11) is 3.03. The van der Waals surface area contributed by atoms with E-state index >= 15 is 0 Å². The molecule has 2 aromatic carbocycles. The fraction of sp³-hybridized carbons (Fsp3) is 0.348. The summed E-state index contributed by atoms with van der Waals surface area (Å²) < 4.78 is 5.20. The van der Waals surface area contributed by atoms with Gasteiger partial charge >= 0.3 is 0 Å². The van der Waals surface area contributed by atoms with Crippen LogP contribution in [0.15, 0.2) is 42.5 Å². The summed E-state index contributed by atoms with van der Waals surface area (Å²) >= 11 is 6.28. The SMILES string of the molecule is COc1ccc(C2(CC(=O)N3CCc4c(Cl)cccc4C3)CC(=O)N(C)C2=O)cc1. The molecule has 1 unspecified atom stereocenters. The van der Waals surface area contributed by atoms with Crippen molar-refractivity contribution in [2.45, 2.75) is 31.2 Å². The molecule has 156 valence electrons. The molecule has 1 saturated heterocycles. The predicted molar refractivity (Wildman–Crippen MR) is 112 cm³/mol. The van der Waals surface area contributed by atoms with Crippen LogP contribution in [0, 0.1) is 0 Å². The van der Waals surface area contributed by atoms with Crippen LogP contribution in [0.4, 0.5) is 0 Å². The van der Waals surface area contributed by atoms with Gasteiger partial charge in [0.1, 0.15) is 5.75 Å². The van der Waals surface area contributed by atoms with E-state index in [0.717, 1.165) is 16.0 Å². The number of hydrogen-bond acceptors (Lipinski definition) is 4. The Hall–Kier alpha value is -2.86. The molecule has 2 aliphatic heterocycles. The van der Waals surface area contributed by atoms with E-state index < -0.39 is 5.41 Å². The number of nitrogens with zero attached hydrogens (tertiary/aromatic N) is 2. The van der Waals surface area contributed by atoms with E-state index in [2.05, 4.69) is 0 Å². The number of methoxy groups -OCH3 is 1. The number of rotatable bonds is 4. The molecule has 0 bridgehead atoms. The molecule has 1 fully saturated rings. The number of likely N-dealkylation sites (tertiary alicyclic amines) is 1. The van der Waals surface area contributed by atoms with Crippen LogP contribution in [0.25, 0.3) is 0 Å². The summed E-state index contributed by atoms with van der Waals surface area (Å²) in [6.07, 6.45) is 0.601. The molecule has 4 rings (SSSR count). The molecule has 0 aliphatic carbocycles. The molecule has 0 spiro atoms. The summed E-state index contributed by atoms with van der Waals surface area (Å²) in [5.74, 6) is -0.117. The van der Waals surface area contributed by atoms with Crippen LogP contribution < -0.4 is 4.74 Å². The third kappa shape index (κ3) is 3.35. The van der Waals surface area contributed by atoms with Gasteiger partial charge in [-0.15, -0.1) is 0 Å². The van der Waals surface area contributed by atoms with Crippen molar-refractivity contribution >= 4 is 29.3 Å². The maximum atomic E-state index is 13.3. The number of ether oxygens (including phenoxy) is 1. The van der Waals surface area contributed by atoms with Crippen LogP contribution in [0.3, 0.4) is 0 Å². The largest absolute Gasteiger partial charge is 0.497 e. The van der Waals surface area contributed by atoms with E-state index in [1.54, 1.807) is 36.3 Å². The van der Waals surface area contributed by atoms with Gasteiger partial charge in [0.05, 0.1) is 12.5 Å². The molecular formula is C23H23ClN2O4. The van der Waals surface area contributed by atoms with Crippen molar-refractivity contribution in [1.29, 1.82) is 0 Å². The zero-order chi connectivity index (χ0) is 21.5. The van der Waals surface area contributed by atoms with Crippen molar-refractivity contribution in [1.82, 2.24) is 9.80 Å².